The first-order chi connectivity index (χ1) is 10.2. The second kappa shape index (κ2) is 7.18. The third-order valence-corrected chi connectivity index (χ3v) is 3.94. The number of para-hydroxylation sites is 1. The molecule has 110 valence electrons. The van der Waals surface area contributed by atoms with Crippen LogP contribution in [0.25, 0.3) is 0 Å². The van der Waals surface area contributed by atoms with E-state index in [0.29, 0.717) is 5.56 Å². The lowest BCUT2D eigenvalue weighted by molar-refractivity contribution is 0.102. The van der Waals surface area contributed by atoms with Crippen molar-refractivity contribution in [2.75, 3.05) is 23.4 Å². The molecule has 0 atom stereocenters. The van der Waals surface area contributed by atoms with Crippen molar-refractivity contribution in [3.63, 3.8) is 0 Å². The summed E-state index contributed by atoms with van der Waals surface area (Å²) >= 11 is 1.62. The van der Waals surface area contributed by atoms with Crippen LogP contribution in [0.2, 0.25) is 0 Å². The van der Waals surface area contributed by atoms with Gasteiger partial charge in [-0.1, -0.05) is 23.8 Å². The van der Waals surface area contributed by atoms with Gasteiger partial charge in [0.25, 0.3) is 5.91 Å². The molecule has 0 radical (unpaired) electrons. The monoisotopic (exact) mass is 300 g/mol. The van der Waals surface area contributed by atoms with Crippen LogP contribution >= 0.6 is 11.8 Å². The average molecular weight is 300 g/mol. The predicted octanol–water partition coefficient (Wildman–Crippen LogP) is 4.40. The van der Waals surface area contributed by atoms with E-state index in [1.165, 1.54) is 0 Å². The van der Waals surface area contributed by atoms with Crippen molar-refractivity contribution in [3.8, 4) is 0 Å². The number of hydrogen-bond donors (Lipinski definition) is 2. The molecule has 2 N–H and O–H groups in total. The molecule has 0 saturated carbocycles. The molecule has 0 spiro atoms. The summed E-state index contributed by atoms with van der Waals surface area (Å²) in [6, 6.07) is 13.7. The quantitative estimate of drug-likeness (QED) is 0.804. The fourth-order valence-corrected chi connectivity index (χ4v) is 2.68. The molecule has 0 bridgehead atoms. The topological polar surface area (TPSA) is 41.1 Å². The van der Waals surface area contributed by atoms with E-state index in [0.717, 1.165) is 28.4 Å². The number of nitrogens with one attached hydrogen (secondary N) is 2. The average Bonchev–Trinajstić information content (AvgIpc) is 2.49. The van der Waals surface area contributed by atoms with Gasteiger partial charge in [-0.25, -0.2) is 0 Å². The van der Waals surface area contributed by atoms with E-state index in [1.54, 1.807) is 11.8 Å². The number of benzene rings is 2. The number of carbonyl (C=O) groups excluding carboxylic acids is 1. The Kier molecular flexibility index (Phi) is 5.28. The smallest absolute Gasteiger partial charge is 0.257 e. The van der Waals surface area contributed by atoms with E-state index in [9.17, 15) is 4.79 Å². The lowest BCUT2D eigenvalue weighted by Gasteiger charge is -2.13. The van der Waals surface area contributed by atoms with Gasteiger partial charge < -0.3 is 10.6 Å². The highest BCUT2D eigenvalue weighted by Crippen LogP contribution is 2.26. The van der Waals surface area contributed by atoms with Gasteiger partial charge in [-0.3, -0.25) is 4.79 Å². The van der Waals surface area contributed by atoms with Crippen molar-refractivity contribution >= 4 is 29.0 Å². The van der Waals surface area contributed by atoms with Crippen molar-refractivity contribution < 1.29 is 4.79 Å². The van der Waals surface area contributed by atoms with Gasteiger partial charge in [-0.2, -0.15) is 0 Å². The summed E-state index contributed by atoms with van der Waals surface area (Å²) in [6.45, 7) is 4.79. The van der Waals surface area contributed by atoms with E-state index in [4.69, 9.17) is 0 Å². The number of hydrogen-bond acceptors (Lipinski definition) is 3. The summed E-state index contributed by atoms with van der Waals surface area (Å²) in [5, 5.41) is 6.24. The van der Waals surface area contributed by atoms with Crippen LogP contribution in [0.4, 0.5) is 11.4 Å². The van der Waals surface area contributed by atoms with Crippen molar-refractivity contribution in [1.82, 2.24) is 0 Å². The summed E-state index contributed by atoms with van der Waals surface area (Å²) in [5.74, 6) is -0.0869. The van der Waals surface area contributed by atoms with E-state index in [2.05, 4.69) is 10.6 Å². The number of thioether (sulfide) groups is 1. The van der Waals surface area contributed by atoms with Crippen LogP contribution in [-0.4, -0.2) is 18.7 Å². The summed E-state index contributed by atoms with van der Waals surface area (Å²) in [5.41, 5.74) is 3.45. The number of rotatable bonds is 5. The molecule has 1 amide bonds. The van der Waals surface area contributed by atoms with Crippen molar-refractivity contribution in [3.05, 3.63) is 53.6 Å². The number of anilines is 2. The zero-order valence-electron chi connectivity index (χ0n) is 12.6. The Labute approximate surface area is 130 Å². The molecule has 4 heteroatoms. The minimum absolute atomic E-state index is 0.0869. The van der Waals surface area contributed by atoms with Crippen LogP contribution in [0, 0.1) is 6.92 Å². The molecular formula is C17H20N2OS. The Morgan fingerprint density at radius 3 is 2.62 bits per heavy atom. The first-order valence-corrected chi connectivity index (χ1v) is 8.17. The van der Waals surface area contributed by atoms with Crippen LogP contribution in [0.1, 0.15) is 22.8 Å². The lowest BCUT2D eigenvalue weighted by Crippen LogP contribution is -2.15. The highest BCUT2D eigenvalue weighted by Gasteiger charge is 2.13. The molecule has 3 nitrogen and oxygen atoms in total. The van der Waals surface area contributed by atoms with E-state index in [1.807, 2.05) is 62.6 Å². The van der Waals surface area contributed by atoms with E-state index >= 15 is 0 Å². The Hall–Kier alpha value is -1.94. The molecular weight excluding hydrogens is 280 g/mol. The fourth-order valence-electron chi connectivity index (χ4n) is 2.13. The van der Waals surface area contributed by atoms with E-state index < -0.39 is 0 Å². The van der Waals surface area contributed by atoms with Gasteiger partial charge >= 0.3 is 0 Å². The molecule has 0 aliphatic carbocycles. The van der Waals surface area contributed by atoms with Gasteiger partial charge in [0, 0.05) is 17.1 Å². The zero-order valence-corrected chi connectivity index (χ0v) is 13.4. The molecule has 2 aromatic rings. The normalized spacial score (nSPS) is 10.2. The highest BCUT2D eigenvalue weighted by molar-refractivity contribution is 7.98. The third kappa shape index (κ3) is 3.79. The van der Waals surface area contributed by atoms with Gasteiger partial charge in [-0.15, -0.1) is 11.8 Å². The summed E-state index contributed by atoms with van der Waals surface area (Å²) in [4.78, 5) is 13.6. The molecule has 0 saturated heterocycles. The lowest BCUT2D eigenvalue weighted by atomic mass is 10.1. The van der Waals surface area contributed by atoms with Crippen LogP contribution < -0.4 is 10.6 Å². The van der Waals surface area contributed by atoms with Crippen LogP contribution in [0.5, 0.6) is 0 Å². The van der Waals surface area contributed by atoms with Crippen molar-refractivity contribution in [1.29, 1.82) is 0 Å². The number of aryl methyl sites for hydroxylation is 1. The maximum Gasteiger partial charge on any atom is 0.257 e. The Morgan fingerprint density at radius 1 is 1.14 bits per heavy atom. The predicted molar refractivity (Wildman–Crippen MR) is 91.5 cm³/mol. The maximum absolute atomic E-state index is 12.6. The first kappa shape index (κ1) is 15.4. The second-order valence-electron chi connectivity index (χ2n) is 4.73. The Bertz CT molecular complexity index is 640. The van der Waals surface area contributed by atoms with Gasteiger partial charge in [0.1, 0.15) is 0 Å². The van der Waals surface area contributed by atoms with Crippen molar-refractivity contribution in [2.45, 2.75) is 18.7 Å². The van der Waals surface area contributed by atoms with Crippen molar-refractivity contribution in [2.24, 2.45) is 0 Å². The van der Waals surface area contributed by atoms with Crippen LogP contribution in [-0.2, 0) is 0 Å². The van der Waals surface area contributed by atoms with Gasteiger partial charge in [0.15, 0.2) is 0 Å². The highest BCUT2D eigenvalue weighted by atomic mass is 32.2. The molecule has 0 unspecified atom stereocenters. The maximum atomic E-state index is 12.6. The minimum Gasteiger partial charge on any atom is -0.385 e. The summed E-state index contributed by atoms with van der Waals surface area (Å²) in [6.07, 6.45) is 2.00. The number of amides is 1. The Balaban J connectivity index is 2.29. The molecule has 0 aromatic heterocycles. The molecule has 0 heterocycles. The molecule has 0 aliphatic heterocycles. The van der Waals surface area contributed by atoms with Gasteiger partial charge in [-0.05, 0) is 44.4 Å². The standard InChI is InChI=1S/C17H20N2OS/c1-4-18-14-10-9-12(2)11-13(14)17(20)19-15-7-5-6-8-16(15)21-3/h5-11,18H,4H2,1-3H3,(H,19,20). The number of carbonyl (C=O) groups is 1. The van der Waals surface area contributed by atoms with Gasteiger partial charge in [0.2, 0.25) is 0 Å². The minimum atomic E-state index is -0.0869. The zero-order chi connectivity index (χ0) is 15.2. The molecule has 2 rings (SSSR count). The largest absolute Gasteiger partial charge is 0.385 e. The third-order valence-electron chi connectivity index (χ3n) is 3.14. The molecule has 21 heavy (non-hydrogen) atoms. The summed E-state index contributed by atoms with van der Waals surface area (Å²) < 4.78 is 0. The van der Waals surface area contributed by atoms with E-state index in [-0.39, 0.29) is 5.91 Å². The fraction of sp³-hybridized carbons (Fsp3) is 0.235. The van der Waals surface area contributed by atoms with Crippen LogP contribution in [0.15, 0.2) is 47.4 Å². The SMILES string of the molecule is CCNc1ccc(C)cc1C(=O)Nc1ccccc1SC. The van der Waals surface area contributed by atoms with Crippen LogP contribution in [0.3, 0.4) is 0 Å². The Morgan fingerprint density at radius 2 is 1.90 bits per heavy atom. The first-order valence-electron chi connectivity index (χ1n) is 6.94. The van der Waals surface area contributed by atoms with Gasteiger partial charge in [0.05, 0.1) is 11.3 Å². The molecule has 0 fully saturated rings. The molecule has 2 aromatic carbocycles. The molecule has 0 aliphatic rings. The summed E-state index contributed by atoms with van der Waals surface area (Å²) in [7, 11) is 0. The second-order valence-corrected chi connectivity index (χ2v) is 5.58.